The number of ether oxygens (including phenoxy) is 1. The Morgan fingerprint density at radius 1 is 0.329 bits per heavy atom. The van der Waals surface area contributed by atoms with Gasteiger partial charge >= 0.3 is 0 Å². The molecule has 0 fully saturated rings. The summed E-state index contributed by atoms with van der Waals surface area (Å²) >= 11 is 0. The minimum Gasteiger partial charge on any atom is -0.454 e. The van der Waals surface area contributed by atoms with Crippen molar-refractivity contribution in [2.75, 3.05) is 0 Å². The van der Waals surface area contributed by atoms with Crippen molar-refractivity contribution in [1.29, 1.82) is 0 Å². The molecule has 5 nitrogen and oxygen atoms in total. The second kappa shape index (κ2) is 14.8. The highest BCUT2D eigenvalue weighted by Gasteiger charge is 2.52. The molecule has 0 unspecified atom stereocenters. The van der Waals surface area contributed by atoms with Gasteiger partial charge in [0.05, 0.1) is 50.1 Å². The molecule has 1 spiro atoms. The van der Waals surface area contributed by atoms with Crippen molar-refractivity contribution in [3.63, 3.8) is 0 Å². The number of hydrogen-bond acceptors (Lipinski definition) is 3. The number of rotatable bonds is 5. The van der Waals surface area contributed by atoms with Gasteiger partial charge in [-0.05, 0) is 76.9 Å². The molecule has 3 aromatic heterocycles. The van der Waals surface area contributed by atoms with Gasteiger partial charge in [-0.25, -0.2) is 9.97 Å². The first kappa shape index (κ1) is 38.8. The van der Waals surface area contributed by atoms with Crippen molar-refractivity contribution in [2.24, 2.45) is 0 Å². The zero-order valence-corrected chi connectivity index (χ0v) is 37.8. The Morgan fingerprint density at radius 2 is 0.786 bits per heavy atom. The SMILES string of the molecule is c1ccc(-c2cc(-c3ccccc3)nc(-c3cccc4c3Oc3c(-n5c6ccccc6c6cc(-n7c8ccccc8c8ccccc87)ccc65)cccc3C43c4ccccc4-c4ccccc43)n2)cc1. The molecule has 1 aliphatic heterocycles. The Hall–Kier alpha value is -9.32. The Labute approximate surface area is 403 Å². The molecule has 5 heteroatoms. The zero-order valence-electron chi connectivity index (χ0n) is 37.8. The van der Waals surface area contributed by atoms with E-state index in [0.717, 1.165) is 78.5 Å². The van der Waals surface area contributed by atoms with Gasteiger partial charge in [-0.15, -0.1) is 0 Å². The van der Waals surface area contributed by atoms with Gasteiger partial charge in [0.1, 0.15) is 5.75 Å². The molecular weight excluding hydrogens is 853 g/mol. The summed E-state index contributed by atoms with van der Waals surface area (Å²) in [6.07, 6.45) is 0. The van der Waals surface area contributed by atoms with E-state index in [0.29, 0.717) is 5.82 Å². The lowest BCUT2D eigenvalue weighted by Gasteiger charge is -2.40. The molecule has 0 atom stereocenters. The van der Waals surface area contributed by atoms with Gasteiger partial charge in [-0.3, -0.25) is 0 Å². The van der Waals surface area contributed by atoms with Crippen LogP contribution in [0.1, 0.15) is 22.3 Å². The predicted molar refractivity (Wildman–Crippen MR) is 284 cm³/mol. The fourth-order valence-corrected chi connectivity index (χ4v) is 11.9. The zero-order chi connectivity index (χ0) is 45.9. The van der Waals surface area contributed by atoms with E-state index in [1.165, 1.54) is 49.4 Å². The van der Waals surface area contributed by atoms with Crippen molar-refractivity contribution >= 4 is 43.6 Å². The summed E-state index contributed by atoms with van der Waals surface area (Å²) < 4.78 is 12.5. The number of hydrogen-bond donors (Lipinski definition) is 0. The number of aromatic nitrogens is 4. The summed E-state index contributed by atoms with van der Waals surface area (Å²) in [5.74, 6) is 2.14. The smallest absolute Gasteiger partial charge is 0.164 e. The van der Waals surface area contributed by atoms with Crippen LogP contribution in [0, 0.1) is 0 Å². The van der Waals surface area contributed by atoms with Gasteiger partial charge in [0.2, 0.25) is 0 Å². The molecule has 0 N–H and O–H groups in total. The molecule has 0 amide bonds. The maximum atomic E-state index is 7.70. The summed E-state index contributed by atoms with van der Waals surface area (Å²) in [4.78, 5) is 10.8. The van der Waals surface area contributed by atoms with E-state index in [-0.39, 0.29) is 0 Å². The molecule has 2 aliphatic rings. The van der Waals surface area contributed by atoms with Gasteiger partial charge in [0, 0.05) is 49.5 Å². The average molecular weight is 893 g/mol. The van der Waals surface area contributed by atoms with E-state index in [2.05, 4.69) is 240 Å². The van der Waals surface area contributed by atoms with Crippen LogP contribution in [-0.2, 0) is 5.41 Å². The molecule has 326 valence electrons. The predicted octanol–water partition coefficient (Wildman–Crippen LogP) is 16.1. The van der Waals surface area contributed by atoms with E-state index in [4.69, 9.17) is 14.7 Å². The maximum Gasteiger partial charge on any atom is 0.164 e. The Morgan fingerprint density at radius 3 is 1.40 bits per heavy atom. The summed E-state index contributed by atoms with van der Waals surface area (Å²) in [6.45, 7) is 0. The third-order valence-corrected chi connectivity index (χ3v) is 14.8. The first-order chi connectivity index (χ1) is 34.7. The number of nitrogens with zero attached hydrogens (tertiary/aromatic N) is 4. The van der Waals surface area contributed by atoms with Crippen LogP contribution in [-0.4, -0.2) is 19.1 Å². The lowest BCUT2D eigenvalue weighted by molar-refractivity contribution is 0.436. The molecule has 0 saturated heterocycles. The second-order valence-corrected chi connectivity index (χ2v) is 18.4. The standard InChI is InChI=1S/C65H40N4O/c1-3-19-41(20-4-1)55-40-56(42-21-5-2-6-22-42)67-64(66-55)49-28-17-31-53-62(49)70-63-54(65(53)51-29-12-7-23-44(51)45-24-8-13-30-52(45)65)32-18-36-61(63)69-59-35-16-11-27-48(59)50-39-43(37-38-60(50)69)68-57-33-14-9-25-46(57)47-26-10-15-34-58(47)68/h1-40H. The van der Waals surface area contributed by atoms with Crippen LogP contribution < -0.4 is 4.74 Å². The van der Waals surface area contributed by atoms with Crippen molar-refractivity contribution < 1.29 is 4.74 Å². The highest BCUT2D eigenvalue weighted by Crippen LogP contribution is 2.64. The van der Waals surface area contributed by atoms with Crippen LogP contribution in [0.3, 0.4) is 0 Å². The molecule has 4 heterocycles. The third kappa shape index (κ3) is 5.37. The highest BCUT2D eigenvalue weighted by atomic mass is 16.5. The first-order valence-corrected chi connectivity index (χ1v) is 23.9. The van der Waals surface area contributed by atoms with Gasteiger partial charge < -0.3 is 13.9 Å². The van der Waals surface area contributed by atoms with E-state index in [9.17, 15) is 0 Å². The minimum atomic E-state index is -0.732. The molecule has 0 bridgehead atoms. The normalized spacial score (nSPS) is 13.1. The maximum absolute atomic E-state index is 7.70. The number of fused-ring (bicyclic) bond motifs is 15. The Balaban J connectivity index is 1.01. The highest BCUT2D eigenvalue weighted by molar-refractivity contribution is 6.12. The minimum absolute atomic E-state index is 0.599. The number of para-hydroxylation sites is 5. The Bertz CT molecular complexity index is 4120. The van der Waals surface area contributed by atoms with E-state index in [1.54, 1.807) is 0 Å². The largest absolute Gasteiger partial charge is 0.454 e. The van der Waals surface area contributed by atoms with Crippen molar-refractivity contribution in [3.8, 4) is 67.9 Å². The van der Waals surface area contributed by atoms with E-state index < -0.39 is 5.41 Å². The molecule has 1 aliphatic carbocycles. The van der Waals surface area contributed by atoms with Crippen LogP contribution in [0.25, 0.3) is 100 Å². The third-order valence-electron chi connectivity index (χ3n) is 14.8. The summed E-state index contributed by atoms with van der Waals surface area (Å²) in [6, 6.07) is 87.0. The van der Waals surface area contributed by atoms with Gasteiger partial charge in [0.15, 0.2) is 11.6 Å². The first-order valence-electron chi connectivity index (χ1n) is 23.9. The fraction of sp³-hybridized carbons (Fsp3) is 0.0154. The lowest BCUT2D eigenvalue weighted by Crippen LogP contribution is -2.32. The fourth-order valence-electron chi connectivity index (χ4n) is 11.9. The van der Waals surface area contributed by atoms with Crippen LogP contribution in [0.4, 0.5) is 0 Å². The summed E-state index contributed by atoms with van der Waals surface area (Å²) in [5.41, 5.74) is 17.5. The van der Waals surface area contributed by atoms with Gasteiger partial charge in [-0.1, -0.05) is 188 Å². The van der Waals surface area contributed by atoms with Crippen LogP contribution in [0.15, 0.2) is 243 Å². The van der Waals surface area contributed by atoms with Crippen molar-refractivity contribution in [1.82, 2.24) is 19.1 Å². The summed E-state index contributed by atoms with van der Waals surface area (Å²) in [7, 11) is 0. The van der Waals surface area contributed by atoms with Crippen molar-refractivity contribution in [3.05, 3.63) is 265 Å². The van der Waals surface area contributed by atoms with E-state index in [1.807, 2.05) is 12.1 Å². The molecule has 70 heavy (non-hydrogen) atoms. The van der Waals surface area contributed by atoms with Gasteiger partial charge in [-0.2, -0.15) is 0 Å². The molecule has 10 aromatic carbocycles. The lowest BCUT2D eigenvalue weighted by atomic mass is 9.65. The molecular formula is C65H40N4O. The molecule has 15 rings (SSSR count). The van der Waals surface area contributed by atoms with Crippen molar-refractivity contribution in [2.45, 2.75) is 5.41 Å². The second-order valence-electron chi connectivity index (χ2n) is 18.4. The number of benzene rings is 10. The quantitative estimate of drug-likeness (QED) is 0.173. The molecule has 13 aromatic rings. The monoisotopic (exact) mass is 892 g/mol. The van der Waals surface area contributed by atoms with Crippen LogP contribution in [0.5, 0.6) is 11.5 Å². The molecule has 0 radical (unpaired) electrons. The van der Waals surface area contributed by atoms with Gasteiger partial charge in [0.25, 0.3) is 0 Å². The molecule has 0 saturated carbocycles. The topological polar surface area (TPSA) is 44.9 Å². The summed E-state index contributed by atoms with van der Waals surface area (Å²) in [5, 5.41) is 4.81. The average Bonchev–Trinajstić information content (AvgIpc) is 4.05. The van der Waals surface area contributed by atoms with Crippen LogP contribution >= 0.6 is 0 Å². The van der Waals surface area contributed by atoms with E-state index >= 15 is 0 Å². The Kier molecular flexibility index (Phi) is 8.21. The van der Waals surface area contributed by atoms with Crippen LogP contribution in [0.2, 0.25) is 0 Å².